The molecule has 2 rings (SSSR count). The molecule has 5 heteroatoms. The number of nitro groups is 1. The fraction of sp³-hybridized carbons (Fsp3) is 0. The van der Waals surface area contributed by atoms with E-state index in [9.17, 15) is 14.9 Å². The third-order valence-corrected chi connectivity index (χ3v) is 2.48. The fourth-order valence-corrected chi connectivity index (χ4v) is 1.59. The van der Waals surface area contributed by atoms with Crippen molar-refractivity contribution in [3.05, 3.63) is 52.1 Å². The van der Waals surface area contributed by atoms with Crippen molar-refractivity contribution >= 4 is 33.3 Å². The van der Waals surface area contributed by atoms with E-state index in [4.69, 9.17) is 11.6 Å². The van der Waals surface area contributed by atoms with Gasteiger partial charge in [0.15, 0.2) is 0 Å². The van der Waals surface area contributed by atoms with Crippen LogP contribution in [0, 0.1) is 10.1 Å². The summed E-state index contributed by atoms with van der Waals surface area (Å²) in [5.41, 5.74) is 0.403. The first kappa shape index (κ1) is 10.6. The Bertz CT molecular complexity index is 542. The number of carbonyl (C=O) groups is 1. The molecule has 0 saturated heterocycles. The van der Waals surface area contributed by atoms with E-state index in [-0.39, 0.29) is 5.69 Å². The van der Waals surface area contributed by atoms with Crippen molar-refractivity contribution < 1.29 is 9.72 Å². The molecule has 0 aliphatic rings. The first-order valence-corrected chi connectivity index (χ1v) is 4.84. The molecule has 0 atom stereocenters. The smallest absolute Gasteiger partial charge is 0.270 e. The summed E-state index contributed by atoms with van der Waals surface area (Å²) in [6.45, 7) is 0. The van der Waals surface area contributed by atoms with Crippen molar-refractivity contribution in [3.63, 3.8) is 0 Å². The van der Waals surface area contributed by atoms with E-state index in [1.807, 2.05) is 0 Å². The Morgan fingerprint density at radius 1 is 1.12 bits per heavy atom. The van der Waals surface area contributed by atoms with Gasteiger partial charge in [-0.3, -0.25) is 14.9 Å². The molecular formula is C11H6ClNO3. The Labute approximate surface area is 95.6 Å². The lowest BCUT2D eigenvalue weighted by Crippen LogP contribution is -1.90. The summed E-state index contributed by atoms with van der Waals surface area (Å²) >= 11 is 5.34. The van der Waals surface area contributed by atoms with Crippen molar-refractivity contribution in [1.82, 2.24) is 0 Å². The zero-order valence-electron chi connectivity index (χ0n) is 8.01. The molecule has 0 radical (unpaired) electrons. The minimum absolute atomic E-state index is 0.0254. The van der Waals surface area contributed by atoms with Crippen LogP contribution in [-0.2, 0) is 0 Å². The highest BCUT2D eigenvalue weighted by atomic mass is 35.5. The van der Waals surface area contributed by atoms with Gasteiger partial charge in [-0.25, -0.2) is 0 Å². The number of non-ortho nitro benzene ring substituents is 1. The number of fused-ring (bicyclic) bond motifs is 1. The molecule has 0 aliphatic carbocycles. The lowest BCUT2D eigenvalue weighted by Gasteiger charge is -1.99. The Morgan fingerprint density at radius 2 is 1.75 bits per heavy atom. The van der Waals surface area contributed by atoms with E-state index in [1.54, 1.807) is 24.3 Å². The normalized spacial score (nSPS) is 10.3. The summed E-state index contributed by atoms with van der Waals surface area (Å²) < 4.78 is 0. The van der Waals surface area contributed by atoms with Crippen molar-refractivity contribution in [2.45, 2.75) is 0 Å². The number of hydrogen-bond acceptors (Lipinski definition) is 3. The molecule has 0 aromatic heterocycles. The topological polar surface area (TPSA) is 60.2 Å². The van der Waals surface area contributed by atoms with Gasteiger partial charge >= 0.3 is 0 Å². The van der Waals surface area contributed by atoms with Crippen LogP contribution in [0.3, 0.4) is 0 Å². The second kappa shape index (κ2) is 3.90. The van der Waals surface area contributed by atoms with Crippen molar-refractivity contribution in [1.29, 1.82) is 0 Å². The molecule has 0 spiro atoms. The summed E-state index contributed by atoms with van der Waals surface area (Å²) in [4.78, 5) is 21.0. The number of benzene rings is 2. The first-order valence-electron chi connectivity index (χ1n) is 4.46. The Kier molecular flexibility index (Phi) is 2.58. The zero-order valence-corrected chi connectivity index (χ0v) is 8.77. The summed E-state index contributed by atoms with van der Waals surface area (Å²) in [5, 5.41) is 11.5. The molecule has 0 fully saturated rings. The number of carbonyl (C=O) groups excluding carboxylic acids is 1. The molecule has 0 N–H and O–H groups in total. The molecule has 0 saturated carbocycles. The Balaban J connectivity index is 2.61. The van der Waals surface area contributed by atoms with Gasteiger partial charge in [-0.2, -0.15) is 0 Å². The van der Waals surface area contributed by atoms with E-state index in [2.05, 4.69) is 0 Å². The molecule has 2 aromatic rings. The molecule has 4 nitrogen and oxygen atoms in total. The average Bonchev–Trinajstić information content (AvgIpc) is 2.27. The van der Waals surface area contributed by atoms with Gasteiger partial charge in [0.2, 0.25) is 0 Å². The molecule has 0 bridgehead atoms. The Hall–Kier alpha value is -1.94. The van der Waals surface area contributed by atoms with Crippen LogP contribution in [0.4, 0.5) is 5.69 Å². The molecule has 80 valence electrons. The highest BCUT2D eigenvalue weighted by molar-refractivity contribution is 6.67. The van der Waals surface area contributed by atoms with Crippen LogP contribution < -0.4 is 0 Å². The van der Waals surface area contributed by atoms with Crippen LogP contribution in [0.25, 0.3) is 10.8 Å². The molecule has 0 unspecified atom stereocenters. The predicted octanol–water partition coefficient (Wildman–Crippen LogP) is 3.13. The second-order valence-electron chi connectivity index (χ2n) is 3.28. The monoisotopic (exact) mass is 235 g/mol. The number of nitro benzene ring substituents is 1. The van der Waals surface area contributed by atoms with Gasteiger partial charge in [0.05, 0.1) is 4.92 Å². The van der Waals surface area contributed by atoms with Crippen molar-refractivity contribution in [2.24, 2.45) is 0 Å². The van der Waals surface area contributed by atoms with Gasteiger partial charge in [-0.1, -0.05) is 6.07 Å². The van der Waals surface area contributed by atoms with Gasteiger partial charge in [0, 0.05) is 17.7 Å². The zero-order chi connectivity index (χ0) is 11.7. The first-order chi connectivity index (χ1) is 7.58. The summed E-state index contributed by atoms with van der Waals surface area (Å²) in [6.07, 6.45) is 0. The van der Waals surface area contributed by atoms with Crippen LogP contribution in [0.1, 0.15) is 10.4 Å². The summed E-state index contributed by atoms with van der Waals surface area (Å²) in [5.74, 6) is 0. The van der Waals surface area contributed by atoms with E-state index in [0.717, 1.165) is 5.39 Å². The number of hydrogen-bond donors (Lipinski definition) is 0. The number of halogens is 1. The third-order valence-electron chi connectivity index (χ3n) is 2.26. The summed E-state index contributed by atoms with van der Waals surface area (Å²) in [7, 11) is 0. The maximum Gasteiger partial charge on any atom is 0.270 e. The van der Waals surface area contributed by atoms with Crippen LogP contribution in [0.2, 0.25) is 0 Å². The highest BCUT2D eigenvalue weighted by Crippen LogP contribution is 2.22. The fourth-order valence-electron chi connectivity index (χ4n) is 1.47. The predicted molar refractivity (Wildman–Crippen MR) is 60.8 cm³/mol. The van der Waals surface area contributed by atoms with E-state index < -0.39 is 10.2 Å². The number of nitrogens with zero attached hydrogens (tertiary/aromatic N) is 1. The Morgan fingerprint density at radius 3 is 2.38 bits per heavy atom. The maximum absolute atomic E-state index is 10.9. The molecule has 0 amide bonds. The highest BCUT2D eigenvalue weighted by Gasteiger charge is 2.07. The van der Waals surface area contributed by atoms with Gasteiger partial charge in [0.25, 0.3) is 10.9 Å². The van der Waals surface area contributed by atoms with E-state index in [0.29, 0.717) is 10.9 Å². The number of rotatable bonds is 2. The van der Waals surface area contributed by atoms with Crippen LogP contribution >= 0.6 is 11.6 Å². The molecule has 2 aromatic carbocycles. The SMILES string of the molecule is O=C(Cl)c1ccc2cc([N+](=O)[O-])ccc2c1. The quantitative estimate of drug-likeness (QED) is 0.456. The molecular weight excluding hydrogens is 230 g/mol. The van der Waals surface area contributed by atoms with Crippen molar-refractivity contribution in [2.75, 3.05) is 0 Å². The van der Waals surface area contributed by atoms with Gasteiger partial charge in [0.1, 0.15) is 0 Å². The minimum atomic E-state index is -0.541. The van der Waals surface area contributed by atoms with Gasteiger partial charge in [-0.15, -0.1) is 0 Å². The lowest BCUT2D eigenvalue weighted by atomic mass is 10.1. The molecule has 0 heterocycles. The minimum Gasteiger partial charge on any atom is -0.276 e. The van der Waals surface area contributed by atoms with E-state index in [1.165, 1.54) is 12.1 Å². The second-order valence-corrected chi connectivity index (χ2v) is 3.62. The average molecular weight is 236 g/mol. The largest absolute Gasteiger partial charge is 0.276 e. The summed E-state index contributed by atoms with van der Waals surface area (Å²) in [6, 6.07) is 9.23. The lowest BCUT2D eigenvalue weighted by molar-refractivity contribution is -0.384. The van der Waals surface area contributed by atoms with Crippen molar-refractivity contribution in [3.8, 4) is 0 Å². The third kappa shape index (κ3) is 1.87. The standard InChI is InChI=1S/C11H6ClNO3/c12-11(14)9-2-1-8-6-10(13(15)16)4-3-7(8)5-9/h1-6H. The van der Waals surface area contributed by atoms with Crippen LogP contribution in [0.15, 0.2) is 36.4 Å². The maximum atomic E-state index is 10.9. The van der Waals surface area contributed by atoms with E-state index >= 15 is 0 Å². The van der Waals surface area contributed by atoms with Gasteiger partial charge in [-0.05, 0) is 40.6 Å². The molecule has 16 heavy (non-hydrogen) atoms. The van der Waals surface area contributed by atoms with Crippen LogP contribution in [0.5, 0.6) is 0 Å². The van der Waals surface area contributed by atoms with Gasteiger partial charge < -0.3 is 0 Å². The van der Waals surface area contributed by atoms with Crippen LogP contribution in [-0.4, -0.2) is 10.2 Å². The molecule has 0 aliphatic heterocycles.